The van der Waals surface area contributed by atoms with Crippen molar-refractivity contribution in [2.45, 2.75) is 180 Å². The Hall–Kier alpha value is 0.290. The molecular formula is C28H57Cl. The largest absolute Gasteiger partial charge is 0.123 e. The van der Waals surface area contributed by atoms with E-state index in [0.717, 1.165) is 0 Å². The maximum Gasteiger partial charge on any atom is 0.0336 e. The van der Waals surface area contributed by atoms with Gasteiger partial charge in [0, 0.05) is 5.38 Å². The molecule has 29 heavy (non-hydrogen) atoms. The van der Waals surface area contributed by atoms with Crippen molar-refractivity contribution in [3.05, 3.63) is 0 Å². The second-order valence-electron chi connectivity index (χ2n) is 9.60. The monoisotopic (exact) mass is 428 g/mol. The molecule has 1 atom stereocenters. The zero-order chi connectivity index (χ0) is 21.3. The fourth-order valence-corrected chi connectivity index (χ4v) is 4.69. The summed E-state index contributed by atoms with van der Waals surface area (Å²) >= 11 is 6.53. The van der Waals surface area contributed by atoms with Gasteiger partial charge in [-0.15, -0.1) is 11.6 Å². The van der Waals surface area contributed by atoms with Crippen molar-refractivity contribution in [2.75, 3.05) is 0 Å². The highest BCUT2D eigenvalue weighted by molar-refractivity contribution is 6.20. The molecule has 0 nitrogen and oxygen atoms in total. The minimum Gasteiger partial charge on any atom is -0.123 e. The van der Waals surface area contributed by atoms with Crippen LogP contribution in [-0.2, 0) is 0 Å². The summed E-state index contributed by atoms with van der Waals surface area (Å²) in [5, 5.41) is 0.442. The number of hydrogen-bond acceptors (Lipinski definition) is 0. The number of halogens is 1. The highest BCUT2D eigenvalue weighted by atomic mass is 35.5. The fourth-order valence-electron chi connectivity index (χ4n) is 4.38. The molecule has 0 aliphatic carbocycles. The highest BCUT2D eigenvalue weighted by Gasteiger charge is 2.04. The second-order valence-corrected chi connectivity index (χ2v) is 10.2. The van der Waals surface area contributed by atoms with Gasteiger partial charge in [0.1, 0.15) is 0 Å². The molecule has 1 unspecified atom stereocenters. The summed E-state index contributed by atoms with van der Waals surface area (Å²) in [5.74, 6) is 0. The van der Waals surface area contributed by atoms with Gasteiger partial charge in [0.2, 0.25) is 0 Å². The molecule has 0 spiro atoms. The minimum absolute atomic E-state index is 0.442. The van der Waals surface area contributed by atoms with E-state index < -0.39 is 0 Å². The third-order valence-electron chi connectivity index (χ3n) is 6.49. The topological polar surface area (TPSA) is 0 Å². The molecule has 0 bridgehead atoms. The van der Waals surface area contributed by atoms with Gasteiger partial charge in [-0.2, -0.15) is 0 Å². The summed E-state index contributed by atoms with van der Waals surface area (Å²) in [5.41, 5.74) is 0. The van der Waals surface area contributed by atoms with Gasteiger partial charge in [-0.05, 0) is 12.8 Å². The van der Waals surface area contributed by atoms with Crippen LogP contribution in [0.4, 0.5) is 0 Å². The summed E-state index contributed by atoms with van der Waals surface area (Å²) in [6.07, 6.45) is 35.4. The third-order valence-corrected chi connectivity index (χ3v) is 6.93. The van der Waals surface area contributed by atoms with E-state index in [1.54, 1.807) is 0 Å². The summed E-state index contributed by atoms with van der Waals surface area (Å²) in [6.45, 7) is 4.59. The number of hydrogen-bond donors (Lipinski definition) is 0. The lowest BCUT2D eigenvalue weighted by Gasteiger charge is -2.09. The van der Waals surface area contributed by atoms with Crippen LogP contribution in [0.3, 0.4) is 0 Å². The Morgan fingerprint density at radius 3 is 0.793 bits per heavy atom. The van der Waals surface area contributed by atoms with E-state index >= 15 is 0 Å². The second kappa shape index (κ2) is 26.3. The van der Waals surface area contributed by atoms with E-state index in [1.165, 1.54) is 161 Å². The first-order valence-electron chi connectivity index (χ1n) is 13.9. The summed E-state index contributed by atoms with van der Waals surface area (Å²) in [6, 6.07) is 0. The molecule has 0 N–H and O–H groups in total. The molecule has 0 amide bonds. The normalized spacial score (nSPS) is 12.5. The molecule has 0 fully saturated rings. The van der Waals surface area contributed by atoms with Crippen LogP contribution in [0.15, 0.2) is 0 Å². The number of rotatable bonds is 25. The van der Waals surface area contributed by atoms with Crippen molar-refractivity contribution < 1.29 is 0 Å². The van der Waals surface area contributed by atoms with E-state index in [-0.39, 0.29) is 0 Å². The van der Waals surface area contributed by atoms with Gasteiger partial charge in [0.25, 0.3) is 0 Å². The SMILES string of the molecule is CCCCCCCCCCCCCCCCC(Cl)CCCCCCCCCCC. The van der Waals surface area contributed by atoms with Crippen LogP contribution in [-0.4, -0.2) is 5.38 Å². The first-order valence-corrected chi connectivity index (χ1v) is 14.4. The summed E-state index contributed by atoms with van der Waals surface area (Å²) in [4.78, 5) is 0. The van der Waals surface area contributed by atoms with Gasteiger partial charge in [-0.3, -0.25) is 0 Å². The molecule has 0 aliphatic heterocycles. The molecule has 1 heteroatoms. The Morgan fingerprint density at radius 1 is 0.345 bits per heavy atom. The van der Waals surface area contributed by atoms with Gasteiger partial charge in [0.05, 0.1) is 0 Å². The molecule has 176 valence electrons. The van der Waals surface area contributed by atoms with Crippen LogP contribution in [0.2, 0.25) is 0 Å². The zero-order valence-electron chi connectivity index (χ0n) is 20.6. The predicted molar refractivity (Wildman–Crippen MR) is 136 cm³/mol. The number of alkyl halides is 1. The van der Waals surface area contributed by atoms with Gasteiger partial charge in [0.15, 0.2) is 0 Å². The Kier molecular flexibility index (Phi) is 26.6. The summed E-state index contributed by atoms with van der Waals surface area (Å²) in [7, 11) is 0. The third kappa shape index (κ3) is 26.3. The van der Waals surface area contributed by atoms with E-state index in [0.29, 0.717) is 5.38 Å². The Bertz CT molecular complexity index is 275. The smallest absolute Gasteiger partial charge is 0.0336 e. The molecule has 0 saturated carbocycles. The van der Waals surface area contributed by atoms with Crippen LogP contribution in [0.25, 0.3) is 0 Å². The zero-order valence-corrected chi connectivity index (χ0v) is 21.4. The molecule has 0 aliphatic rings. The van der Waals surface area contributed by atoms with Crippen molar-refractivity contribution in [3.63, 3.8) is 0 Å². The lowest BCUT2D eigenvalue weighted by Crippen LogP contribution is -1.98. The van der Waals surface area contributed by atoms with Gasteiger partial charge < -0.3 is 0 Å². The van der Waals surface area contributed by atoms with Crippen LogP contribution in [0, 0.1) is 0 Å². The highest BCUT2D eigenvalue weighted by Crippen LogP contribution is 2.19. The Balaban J connectivity index is 3.12. The average molecular weight is 429 g/mol. The van der Waals surface area contributed by atoms with Gasteiger partial charge in [-0.1, -0.05) is 162 Å². The predicted octanol–water partition coefficient (Wildman–Crippen LogP) is 11.4. The van der Waals surface area contributed by atoms with E-state index in [9.17, 15) is 0 Å². The van der Waals surface area contributed by atoms with E-state index in [1.807, 2.05) is 0 Å². The van der Waals surface area contributed by atoms with Crippen LogP contribution < -0.4 is 0 Å². The summed E-state index contributed by atoms with van der Waals surface area (Å²) < 4.78 is 0. The Morgan fingerprint density at radius 2 is 0.552 bits per heavy atom. The number of unbranched alkanes of at least 4 members (excludes halogenated alkanes) is 21. The molecule has 0 aromatic carbocycles. The quantitative estimate of drug-likeness (QED) is 0.100. The molecule has 0 aromatic heterocycles. The minimum atomic E-state index is 0.442. The first-order chi connectivity index (χ1) is 14.3. The van der Waals surface area contributed by atoms with E-state index in [2.05, 4.69) is 13.8 Å². The van der Waals surface area contributed by atoms with Crippen molar-refractivity contribution in [1.29, 1.82) is 0 Å². The maximum absolute atomic E-state index is 6.53. The molecule has 0 radical (unpaired) electrons. The molecule has 0 rings (SSSR count). The van der Waals surface area contributed by atoms with Crippen molar-refractivity contribution in [3.8, 4) is 0 Å². The Labute approximate surface area is 191 Å². The average Bonchev–Trinajstić information content (AvgIpc) is 2.72. The fraction of sp³-hybridized carbons (Fsp3) is 1.00. The lowest BCUT2D eigenvalue weighted by molar-refractivity contribution is 0.518. The lowest BCUT2D eigenvalue weighted by atomic mass is 10.0. The molecular weight excluding hydrogens is 372 g/mol. The van der Waals surface area contributed by atoms with Gasteiger partial charge in [-0.25, -0.2) is 0 Å². The molecule has 0 saturated heterocycles. The molecule has 0 heterocycles. The van der Waals surface area contributed by atoms with Crippen LogP contribution in [0.5, 0.6) is 0 Å². The van der Waals surface area contributed by atoms with Crippen molar-refractivity contribution in [1.82, 2.24) is 0 Å². The van der Waals surface area contributed by atoms with Gasteiger partial charge >= 0.3 is 0 Å². The van der Waals surface area contributed by atoms with Crippen LogP contribution >= 0.6 is 11.6 Å². The first kappa shape index (κ1) is 29.3. The van der Waals surface area contributed by atoms with Crippen molar-refractivity contribution >= 4 is 11.6 Å². The maximum atomic E-state index is 6.53. The standard InChI is InChI=1S/C28H57Cl/c1-3-5-7-9-11-13-14-15-16-17-19-21-23-25-27-28(29)26-24-22-20-18-12-10-8-6-4-2/h28H,3-27H2,1-2H3. The molecule has 0 aromatic rings. The van der Waals surface area contributed by atoms with E-state index in [4.69, 9.17) is 11.6 Å². The van der Waals surface area contributed by atoms with Crippen molar-refractivity contribution in [2.24, 2.45) is 0 Å². The van der Waals surface area contributed by atoms with Crippen LogP contribution in [0.1, 0.15) is 174 Å².